The summed E-state index contributed by atoms with van der Waals surface area (Å²) in [6.07, 6.45) is -0.254. The normalized spacial score (nSPS) is 12.5. The summed E-state index contributed by atoms with van der Waals surface area (Å²) in [6.45, 7) is 1.50. The van der Waals surface area contributed by atoms with Crippen LogP contribution in [0.15, 0.2) is 74.5 Å². The topological polar surface area (TPSA) is 151 Å². The van der Waals surface area contributed by atoms with Crippen LogP contribution in [0.1, 0.15) is 12.0 Å². The predicted octanol–water partition coefficient (Wildman–Crippen LogP) is 2.44. The average Bonchev–Trinajstić information content (AvgIpc) is 3.26. The number of thiophene rings is 1. The van der Waals surface area contributed by atoms with Crippen LogP contribution in [0.25, 0.3) is 10.2 Å². The number of ether oxygens (including phenoxy) is 1. The number of aromatic amines is 1. The quantitative estimate of drug-likeness (QED) is 0.216. The van der Waals surface area contributed by atoms with E-state index in [1.165, 1.54) is 48.1 Å². The molecule has 1 unspecified atom stereocenters. The molecule has 3 N–H and O–H groups in total. The van der Waals surface area contributed by atoms with Crippen molar-refractivity contribution < 1.29 is 23.2 Å². The highest BCUT2D eigenvalue weighted by Crippen LogP contribution is 2.25. The van der Waals surface area contributed by atoms with Crippen LogP contribution in [-0.4, -0.2) is 46.5 Å². The second-order valence-corrected chi connectivity index (χ2v) is 11.1. The number of amides is 1. The van der Waals surface area contributed by atoms with Crippen molar-refractivity contribution in [2.24, 2.45) is 0 Å². The summed E-state index contributed by atoms with van der Waals surface area (Å²) in [5.74, 6) is -0.0149. The number of aryl methyl sites for hydroxylation is 1. The minimum absolute atomic E-state index is 0.114. The first-order valence-electron chi connectivity index (χ1n) is 11.1. The summed E-state index contributed by atoms with van der Waals surface area (Å²) in [5.41, 5.74) is 1.45. The van der Waals surface area contributed by atoms with Gasteiger partial charge in [-0.3, -0.25) is 19.4 Å². The summed E-state index contributed by atoms with van der Waals surface area (Å²) in [4.78, 5) is 40.3. The van der Waals surface area contributed by atoms with Gasteiger partial charge in [-0.05, 0) is 60.7 Å². The first-order chi connectivity index (χ1) is 17.6. The van der Waals surface area contributed by atoms with E-state index in [1.54, 1.807) is 36.6 Å². The summed E-state index contributed by atoms with van der Waals surface area (Å²) in [6, 6.07) is 13.2. The van der Waals surface area contributed by atoms with E-state index in [2.05, 4.69) is 4.98 Å². The molecule has 0 saturated carbocycles. The Morgan fingerprint density at radius 3 is 2.43 bits per heavy atom. The molecule has 2 heterocycles. The van der Waals surface area contributed by atoms with Gasteiger partial charge in [0.15, 0.2) is 0 Å². The molecule has 37 heavy (non-hydrogen) atoms. The van der Waals surface area contributed by atoms with Crippen molar-refractivity contribution in [2.45, 2.75) is 30.8 Å². The number of para-hydroxylation sites is 1. The number of carbonyl (C=O) groups excluding carboxylic acids is 1. The highest BCUT2D eigenvalue weighted by Gasteiger charge is 2.33. The maximum atomic E-state index is 13.3. The van der Waals surface area contributed by atoms with Crippen molar-refractivity contribution in [1.82, 2.24) is 19.3 Å². The van der Waals surface area contributed by atoms with Crippen molar-refractivity contribution in [3.05, 3.63) is 86.4 Å². The molecule has 194 valence electrons. The number of carbonyl (C=O) groups is 1. The molecule has 4 rings (SSSR count). The van der Waals surface area contributed by atoms with Crippen LogP contribution in [0.5, 0.6) is 11.5 Å². The maximum absolute atomic E-state index is 13.3. The van der Waals surface area contributed by atoms with E-state index in [-0.39, 0.29) is 17.9 Å². The minimum atomic E-state index is -4.20. The van der Waals surface area contributed by atoms with Crippen LogP contribution in [0.2, 0.25) is 0 Å². The zero-order valence-corrected chi connectivity index (χ0v) is 21.5. The van der Waals surface area contributed by atoms with E-state index in [0.29, 0.717) is 21.7 Å². The second kappa shape index (κ2) is 10.7. The van der Waals surface area contributed by atoms with Gasteiger partial charge < -0.3 is 9.72 Å². The van der Waals surface area contributed by atoms with E-state index in [0.717, 1.165) is 14.4 Å². The molecule has 1 amide bonds. The Morgan fingerprint density at radius 2 is 1.78 bits per heavy atom. The predicted molar refractivity (Wildman–Crippen MR) is 138 cm³/mol. The van der Waals surface area contributed by atoms with Crippen LogP contribution < -0.4 is 21.5 Å². The van der Waals surface area contributed by atoms with Crippen molar-refractivity contribution in [2.75, 3.05) is 7.05 Å². The van der Waals surface area contributed by atoms with Gasteiger partial charge in [0.2, 0.25) is 10.0 Å². The van der Waals surface area contributed by atoms with Crippen LogP contribution in [0.3, 0.4) is 0 Å². The largest absolute Gasteiger partial charge is 0.457 e. The number of hydrogen-bond acceptors (Lipinski definition) is 8. The average molecular weight is 545 g/mol. The fraction of sp³-hybridized carbons (Fsp3) is 0.208. The number of hydroxylamine groups is 1. The number of hydrogen-bond donors (Lipinski definition) is 3. The van der Waals surface area contributed by atoms with Gasteiger partial charge in [0.05, 0.1) is 10.4 Å². The summed E-state index contributed by atoms with van der Waals surface area (Å²) < 4.78 is 34.3. The van der Waals surface area contributed by atoms with Crippen molar-refractivity contribution in [3.63, 3.8) is 0 Å². The van der Waals surface area contributed by atoms with Crippen LogP contribution in [0, 0.1) is 6.92 Å². The van der Waals surface area contributed by atoms with Gasteiger partial charge in [-0.2, -0.15) is 4.31 Å². The lowest BCUT2D eigenvalue weighted by atomic mass is 10.2. The Bertz CT molecular complexity index is 1640. The second-order valence-electron chi connectivity index (χ2n) is 8.20. The Balaban J connectivity index is 1.56. The maximum Gasteiger partial charge on any atom is 0.328 e. The van der Waals surface area contributed by atoms with Gasteiger partial charge in [-0.15, -0.1) is 11.3 Å². The third kappa shape index (κ3) is 5.34. The number of rotatable bonds is 9. The van der Waals surface area contributed by atoms with Crippen molar-refractivity contribution in [1.29, 1.82) is 0 Å². The molecule has 1 atom stereocenters. The molecule has 13 heteroatoms. The Morgan fingerprint density at radius 1 is 1.14 bits per heavy atom. The Hall–Kier alpha value is -3.78. The Kier molecular flexibility index (Phi) is 7.59. The zero-order chi connectivity index (χ0) is 26.7. The summed E-state index contributed by atoms with van der Waals surface area (Å²) in [7, 11) is -3.02. The molecule has 2 aromatic carbocycles. The molecule has 0 radical (unpaired) electrons. The first kappa shape index (κ1) is 26.3. The van der Waals surface area contributed by atoms with Crippen LogP contribution in [0.4, 0.5) is 0 Å². The van der Waals surface area contributed by atoms with Gasteiger partial charge in [-0.1, -0.05) is 18.2 Å². The number of aromatic nitrogens is 2. The molecule has 0 bridgehead atoms. The van der Waals surface area contributed by atoms with Gasteiger partial charge in [0.25, 0.3) is 11.5 Å². The van der Waals surface area contributed by atoms with E-state index < -0.39 is 33.2 Å². The minimum Gasteiger partial charge on any atom is -0.457 e. The molecule has 11 nitrogen and oxygen atoms in total. The molecule has 0 saturated heterocycles. The standard InChI is InChI=1S/C24H24N4O7S2/c1-15-14-36-21-20(15)25-24(31)28(23(21)30)13-12-19(22(29)26-32)27(2)37(33,34)18-10-8-17(9-11-18)35-16-6-4-3-5-7-16/h3-11,14,19,32H,12-13H2,1-2H3,(H,25,31)(H,26,29). The van der Waals surface area contributed by atoms with Gasteiger partial charge in [0, 0.05) is 13.6 Å². The third-order valence-corrected chi connectivity index (χ3v) is 8.82. The monoisotopic (exact) mass is 544 g/mol. The SMILES string of the molecule is Cc1csc2c(=O)n(CCC(C(=O)NO)N(C)S(=O)(=O)c3ccc(Oc4ccccc4)cc3)c(=O)[nH]c12. The fourth-order valence-electron chi connectivity index (χ4n) is 3.79. The third-order valence-electron chi connectivity index (χ3n) is 5.85. The van der Waals surface area contributed by atoms with Gasteiger partial charge in [-0.25, -0.2) is 18.7 Å². The molecule has 2 aromatic heterocycles. The van der Waals surface area contributed by atoms with E-state index >= 15 is 0 Å². The number of benzene rings is 2. The van der Waals surface area contributed by atoms with Gasteiger partial charge >= 0.3 is 5.69 Å². The zero-order valence-electron chi connectivity index (χ0n) is 19.9. The molecular weight excluding hydrogens is 520 g/mol. The molecule has 4 aromatic rings. The molecule has 0 aliphatic rings. The Labute approximate surface area is 215 Å². The number of likely N-dealkylation sites (N-methyl/N-ethyl adjacent to an activating group) is 1. The van der Waals surface area contributed by atoms with Gasteiger partial charge in [0.1, 0.15) is 22.2 Å². The number of H-pyrrole nitrogens is 1. The lowest BCUT2D eigenvalue weighted by Gasteiger charge is -2.26. The van der Waals surface area contributed by atoms with E-state index in [1.807, 2.05) is 6.07 Å². The van der Waals surface area contributed by atoms with E-state index in [9.17, 15) is 28.0 Å². The molecular formula is C24H24N4O7S2. The lowest BCUT2D eigenvalue weighted by Crippen LogP contribution is -2.48. The number of fused-ring (bicyclic) bond motifs is 1. The summed E-state index contributed by atoms with van der Waals surface area (Å²) in [5, 5.41) is 11.0. The number of sulfonamides is 1. The molecule has 0 spiro atoms. The van der Waals surface area contributed by atoms with Crippen molar-refractivity contribution >= 4 is 37.5 Å². The van der Waals surface area contributed by atoms with E-state index in [4.69, 9.17) is 4.74 Å². The van der Waals surface area contributed by atoms with Crippen LogP contribution >= 0.6 is 11.3 Å². The van der Waals surface area contributed by atoms with Crippen molar-refractivity contribution in [3.8, 4) is 11.5 Å². The number of nitrogens with zero attached hydrogens (tertiary/aromatic N) is 2. The van der Waals surface area contributed by atoms with Crippen LogP contribution in [-0.2, 0) is 21.4 Å². The molecule has 0 fully saturated rings. The first-order valence-corrected chi connectivity index (χ1v) is 13.4. The highest BCUT2D eigenvalue weighted by molar-refractivity contribution is 7.89. The number of nitrogens with one attached hydrogen (secondary N) is 2. The summed E-state index contributed by atoms with van der Waals surface area (Å²) >= 11 is 1.18. The molecule has 0 aliphatic heterocycles. The lowest BCUT2D eigenvalue weighted by molar-refractivity contribution is -0.133. The molecule has 0 aliphatic carbocycles. The smallest absolute Gasteiger partial charge is 0.328 e. The highest BCUT2D eigenvalue weighted by atomic mass is 32.2. The fourth-order valence-corrected chi connectivity index (χ4v) is 6.09.